The third kappa shape index (κ3) is 3.57. The molecule has 0 aliphatic heterocycles. The number of rotatable bonds is 3. The Balaban J connectivity index is 1.47. The molecule has 2 aromatic carbocycles. The van der Waals surface area contributed by atoms with Gasteiger partial charge in [-0.25, -0.2) is 0 Å². The zero-order valence-electron chi connectivity index (χ0n) is 27.2. The van der Waals surface area contributed by atoms with Crippen LogP contribution in [0.2, 0.25) is 0 Å². The number of ether oxygens (including phenoxy) is 1. The number of phenolic OH excluding ortho intramolecular Hbond substituents is 2. The molecule has 6 nitrogen and oxygen atoms in total. The molecule has 7 rings (SSSR count). The number of carbonyl (C=O) groups is 1. The Bertz CT molecular complexity index is 1750. The van der Waals surface area contributed by atoms with Gasteiger partial charge in [-0.1, -0.05) is 39.3 Å². The summed E-state index contributed by atoms with van der Waals surface area (Å²) in [5.74, 6) is 0.163. The minimum atomic E-state index is -0.703. The first-order valence-electron chi connectivity index (χ1n) is 16.3. The van der Waals surface area contributed by atoms with Crippen LogP contribution >= 0.6 is 0 Å². The van der Waals surface area contributed by atoms with Crippen LogP contribution in [0.5, 0.6) is 17.2 Å². The van der Waals surface area contributed by atoms with Gasteiger partial charge in [-0.3, -0.25) is 4.79 Å². The smallest absolute Gasteiger partial charge is 0.309 e. The van der Waals surface area contributed by atoms with Crippen LogP contribution < -0.4 is 4.74 Å². The molecule has 4 aliphatic carbocycles. The Morgan fingerprint density at radius 2 is 1.70 bits per heavy atom. The second-order valence-electron chi connectivity index (χ2n) is 15.9. The van der Waals surface area contributed by atoms with Gasteiger partial charge in [-0.05, 0) is 127 Å². The number of aromatic nitrogens is 1. The summed E-state index contributed by atoms with van der Waals surface area (Å²) >= 11 is 0. The van der Waals surface area contributed by atoms with Crippen molar-refractivity contribution >= 4 is 16.9 Å². The average Bonchev–Trinajstić information content (AvgIpc) is 3.41. The number of benzene rings is 2. The quantitative estimate of drug-likeness (QED) is 0.179. The van der Waals surface area contributed by atoms with Crippen LogP contribution in [-0.2, 0) is 10.2 Å². The Hall–Kier alpha value is -3.41. The lowest BCUT2D eigenvalue weighted by atomic mass is 9.34. The molecule has 3 fully saturated rings. The highest BCUT2D eigenvalue weighted by atomic mass is 16.5. The normalized spacial score (nSPS) is 37.8. The Kier molecular flexibility index (Phi) is 6.05. The number of H-pyrrole nitrogens is 1. The van der Waals surface area contributed by atoms with Gasteiger partial charge >= 0.3 is 5.97 Å². The van der Waals surface area contributed by atoms with E-state index in [1.807, 2.05) is 32.0 Å². The molecule has 4 aliphatic rings. The number of hydrogen-bond donors (Lipinski definition) is 4. The lowest BCUT2D eigenvalue weighted by Gasteiger charge is -2.70. The molecule has 3 saturated carbocycles. The molecule has 0 radical (unpaired) electrons. The molecule has 1 heterocycles. The molecule has 7 atom stereocenters. The number of nitrogens with one attached hydrogen (secondary N) is 1. The first kappa shape index (κ1) is 29.3. The van der Waals surface area contributed by atoms with E-state index >= 15 is 0 Å². The van der Waals surface area contributed by atoms with E-state index in [4.69, 9.17) is 4.74 Å². The first-order valence-corrected chi connectivity index (χ1v) is 16.3. The van der Waals surface area contributed by atoms with Crippen LogP contribution in [0.25, 0.3) is 10.9 Å². The van der Waals surface area contributed by atoms with Crippen LogP contribution in [0.1, 0.15) is 108 Å². The fraction of sp³-hybridized carbons (Fsp3) is 0.553. The van der Waals surface area contributed by atoms with Crippen LogP contribution in [-0.4, -0.2) is 33.4 Å². The SMILES string of the molecule is COc1ccc2[nH]cc(C3C=C4[C@@](C)(CC[C@@]5(C)[C@@H]6C[C@](C)(C(=O)O)CC[C@]6(C)CC[C@]45C)c4cc(O)c(O)c(C)c43)c2c1. The lowest BCUT2D eigenvalue weighted by molar-refractivity contribution is -0.177. The van der Waals surface area contributed by atoms with Gasteiger partial charge in [0.2, 0.25) is 0 Å². The fourth-order valence-corrected chi connectivity index (χ4v) is 10.7. The first-order chi connectivity index (χ1) is 20.6. The van der Waals surface area contributed by atoms with Gasteiger partial charge in [0.25, 0.3) is 0 Å². The van der Waals surface area contributed by atoms with Crippen LogP contribution in [0.3, 0.4) is 0 Å². The Morgan fingerprint density at radius 1 is 0.977 bits per heavy atom. The maximum Gasteiger partial charge on any atom is 0.309 e. The Morgan fingerprint density at radius 3 is 2.41 bits per heavy atom. The van der Waals surface area contributed by atoms with Gasteiger partial charge < -0.3 is 25.0 Å². The van der Waals surface area contributed by atoms with E-state index in [0.717, 1.165) is 77.4 Å². The van der Waals surface area contributed by atoms with Gasteiger partial charge in [-0.15, -0.1) is 0 Å². The molecular formula is C38H47NO5. The number of allylic oxidation sites excluding steroid dienone is 2. The summed E-state index contributed by atoms with van der Waals surface area (Å²) in [6, 6.07) is 7.91. The van der Waals surface area contributed by atoms with Crippen molar-refractivity contribution in [2.75, 3.05) is 7.11 Å². The summed E-state index contributed by atoms with van der Waals surface area (Å²) in [5.41, 5.74) is 5.29. The zero-order valence-corrected chi connectivity index (χ0v) is 27.2. The van der Waals surface area contributed by atoms with E-state index in [9.17, 15) is 20.1 Å². The molecule has 234 valence electrons. The number of carboxylic acid groups (broad SMARTS) is 1. The predicted octanol–water partition coefficient (Wildman–Crippen LogP) is 8.72. The number of methoxy groups -OCH3 is 1. The summed E-state index contributed by atoms with van der Waals surface area (Å²) in [4.78, 5) is 16.0. The second kappa shape index (κ2) is 9.08. The number of carboxylic acids is 1. The van der Waals surface area contributed by atoms with Gasteiger partial charge in [0, 0.05) is 28.4 Å². The van der Waals surface area contributed by atoms with Crippen molar-refractivity contribution in [1.29, 1.82) is 0 Å². The van der Waals surface area contributed by atoms with Gasteiger partial charge in [-0.2, -0.15) is 0 Å². The molecule has 4 N–H and O–H groups in total. The van der Waals surface area contributed by atoms with Crippen LogP contribution in [0.15, 0.2) is 42.1 Å². The summed E-state index contributed by atoms with van der Waals surface area (Å²) < 4.78 is 5.61. The summed E-state index contributed by atoms with van der Waals surface area (Å²) in [6.45, 7) is 13.6. The third-order valence-electron chi connectivity index (χ3n) is 13.9. The number of aromatic amines is 1. The molecule has 1 unspecified atom stereocenters. The molecule has 6 heteroatoms. The van der Waals surface area contributed by atoms with Gasteiger partial charge in [0.15, 0.2) is 11.5 Å². The molecule has 0 bridgehead atoms. The fourth-order valence-electron chi connectivity index (χ4n) is 10.7. The zero-order chi connectivity index (χ0) is 31.6. The van der Waals surface area contributed by atoms with Crippen molar-refractivity contribution in [3.05, 3.63) is 64.4 Å². The minimum Gasteiger partial charge on any atom is -0.504 e. The largest absolute Gasteiger partial charge is 0.504 e. The monoisotopic (exact) mass is 597 g/mol. The molecule has 44 heavy (non-hydrogen) atoms. The van der Waals surface area contributed by atoms with Gasteiger partial charge in [0.1, 0.15) is 5.75 Å². The van der Waals surface area contributed by atoms with Crippen molar-refractivity contribution in [3.8, 4) is 17.2 Å². The van der Waals surface area contributed by atoms with Crippen molar-refractivity contribution < 1.29 is 24.9 Å². The van der Waals surface area contributed by atoms with E-state index in [-0.39, 0.29) is 39.1 Å². The summed E-state index contributed by atoms with van der Waals surface area (Å²) in [6.07, 6.45) is 11.0. The maximum absolute atomic E-state index is 12.6. The van der Waals surface area contributed by atoms with E-state index in [2.05, 4.69) is 51.0 Å². The number of phenols is 2. The molecular weight excluding hydrogens is 550 g/mol. The maximum atomic E-state index is 12.6. The molecule has 3 aromatic rings. The standard InChI is InChI=1S/C38H47NO5/c1-21-31-24(25-20-39-27-9-8-22(44-7)16-23(25)27)17-29-36(4,26(31)18-28(40)32(21)41)13-15-38(6)30-19-35(3,33(42)43)11-10-34(30,2)12-14-37(29,38)5/h8-9,16-18,20,24,30,39-41H,10-15,19H2,1-7H3,(H,42,43)/t24?,30-,34-,35-,36+,37-,38+/m1/s1. The highest BCUT2D eigenvalue weighted by Crippen LogP contribution is 2.75. The lowest BCUT2D eigenvalue weighted by Crippen LogP contribution is -2.62. The number of hydrogen-bond acceptors (Lipinski definition) is 4. The third-order valence-corrected chi connectivity index (χ3v) is 13.9. The highest BCUT2D eigenvalue weighted by Gasteiger charge is 2.67. The number of aliphatic carboxylic acids is 1. The van der Waals surface area contributed by atoms with Crippen molar-refractivity contribution in [2.24, 2.45) is 27.6 Å². The van der Waals surface area contributed by atoms with Gasteiger partial charge in [0.05, 0.1) is 12.5 Å². The van der Waals surface area contributed by atoms with Crippen molar-refractivity contribution in [1.82, 2.24) is 4.98 Å². The van der Waals surface area contributed by atoms with E-state index < -0.39 is 11.4 Å². The summed E-state index contributed by atoms with van der Waals surface area (Å²) in [5, 5.41) is 33.5. The van der Waals surface area contributed by atoms with E-state index in [0.29, 0.717) is 12.3 Å². The van der Waals surface area contributed by atoms with E-state index in [1.165, 1.54) is 5.57 Å². The molecule has 0 spiro atoms. The number of aromatic hydroxyl groups is 2. The minimum absolute atomic E-state index is 0.0536. The number of fused-ring (bicyclic) bond motifs is 8. The second-order valence-corrected chi connectivity index (χ2v) is 15.9. The predicted molar refractivity (Wildman–Crippen MR) is 173 cm³/mol. The average molecular weight is 598 g/mol. The molecule has 0 saturated heterocycles. The highest BCUT2D eigenvalue weighted by molar-refractivity contribution is 5.86. The summed E-state index contributed by atoms with van der Waals surface area (Å²) in [7, 11) is 1.68. The van der Waals surface area contributed by atoms with E-state index in [1.54, 1.807) is 7.11 Å². The topological polar surface area (TPSA) is 103 Å². The van der Waals surface area contributed by atoms with Crippen molar-refractivity contribution in [2.45, 2.75) is 97.8 Å². The van der Waals surface area contributed by atoms with Crippen LogP contribution in [0, 0.1) is 34.5 Å². The molecule has 0 amide bonds. The molecule has 1 aromatic heterocycles. The van der Waals surface area contributed by atoms with Crippen LogP contribution in [0.4, 0.5) is 0 Å². The Labute approximate surface area is 260 Å². The van der Waals surface area contributed by atoms with Crippen molar-refractivity contribution in [3.63, 3.8) is 0 Å².